The number of benzene rings is 6. The fourth-order valence-electron chi connectivity index (χ4n) is 6.65. The molecule has 9 rings (SSSR count). The van der Waals surface area contributed by atoms with Gasteiger partial charge in [0.15, 0.2) is 0 Å². The van der Waals surface area contributed by atoms with Crippen molar-refractivity contribution in [3.8, 4) is 11.4 Å². The Morgan fingerprint density at radius 2 is 0.927 bits per heavy atom. The number of rotatable bonds is 2. The normalized spacial score (nSPS) is 11.9. The van der Waals surface area contributed by atoms with Crippen molar-refractivity contribution >= 4 is 80.8 Å². The maximum Gasteiger partial charge on any atom is 0.235 e. The molecule has 0 aliphatic heterocycles. The lowest BCUT2D eigenvalue weighted by molar-refractivity contribution is 1.16. The third-order valence-electron chi connectivity index (χ3n) is 8.33. The molecular weight excluding hydrogens is 518 g/mol. The highest BCUT2D eigenvalue weighted by atomic mass is 32.1. The van der Waals surface area contributed by atoms with Gasteiger partial charge in [0.2, 0.25) is 5.69 Å². The van der Waals surface area contributed by atoms with Gasteiger partial charge in [-0.2, -0.15) is 0 Å². The quantitative estimate of drug-likeness (QED) is 0.194. The smallest absolute Gasteiger partial charge is 0.235 e. The Bertz CT molecular complexity index is 2450. The van der Waals surface area contributed by atoms with Crippen LogP contribution in [0.5, 0.6) is 0 Å². The van der Waals surface area contributed by atoms with Gasteiger partial charge in [0.25, 0.3) is 0 Å². The second kappa shape index (κ2) is 8.32. The summed E-state index contributed by atoms with van der Waals surface area (Å²) in [6.45, 7) is 8.68. The molecule has 4 heteroatoms. The second-order valence-corrected chi connectivity index (χ2v) is 11.5. The highest BCUT2D eigenvalue weighted by molar-refractivity contribution is 7.26. The summed E-state index contributed by atoms with van der Waals surface area (Å²) >= 11 is 1.77. The average Bonchev–Trinajstić information content (AvgIpc) is 3.68. The fraction of sp³-hybridized carbons (Fsp3) is 0. The van der Waals surface area contributed by atoms with Crippen molar-refractivity contribution < 1.29 is 0 Å². The SMILES string of the molecule is [C-]#[N+]c1c(-n2c3ccccc3c3ccccc32)cc2c(sc3ccccc32)c1-n1c2ccccc2c2ccccc21. The molecule has 0 unspecified atom stereocenters. The van der Waals surface area contributed by atoms with Gasteiger partial charge in [-0.25, -0.2) is 4.85 Å². The maximum atomic E-state index is 8.68. The Morgan fingerprint density at radius 3 is 1.44 bits per heavy atom. The minimum Gasteiger partial charge on any atom is -0.319 e. The first-order valence-corrected chi connectivity index (χ1v) is 14.5. The van der Waals surface area contributed by atoms with Gasteiger partial charge in [-0.15, -0.1) is 11.3 Å². The number of hydrogen-bond acceptors (Lipinski definition) is 1. The summed E-state index contributed by atoms with van der Waals surface area (Å²) in [7, 11) is 0. The van der Waals surface area contributed by atoms with Crippen molar-refractivity contribution in [2.45, 2.75) is 0 Å². The van der Waals surface area contributed by atoms with Gasteiger partial charge in [0.05, 0.1) is 40.0 Å². The summed E-state index contributed by atoms with van der Waals surface area (Å²) in [6.07, 6.45) is 0. The minimum absolute atomic E-state index is 0.655. The van der Waals surface area contributed by atoms with Crippen LogP contribution in [0.25, 0.3) is 80.0 Å². The van der Waals surface area contributed by atoms with Gasteiger partial charge < -0.3 is 9.13 Å². The van der Waals surface area contributed by atoms with Gasteiger partial charge >= 0.3 is 0 Å². The van der Waals surface area contributed by atoms with Crippen LogP contribution in [0.2, 0.25) is 0 Å². The highest BCUT2D eigenvalue weighted by Crippen LogP contribution is 2.48. The number of fused-ring (bicyclic) bond motifs is 9. The molecule has 3 aromatic heterocycles. The van der Waals surface area contributed by atoms with Gasteiger partial charge in [-0.1, -0.05) is 91.0 Å². The summed E-state index contributed by atoms with van der Waals surface area (Å²) < 4.78 is 6.97. The van der Waals surface area contributed by atoms with Crippen molar-refractivity contribution in [2.75, 3.05) is 0 Å². The summed E-state index contributed by atoms with van der Waals surface area (Å²) in [5.74, 6) is 0. The zero-order chi connectivity index (χ0) is 27.1. The van der Waals surface area contributed by atoms with Crippen LogP contribution < -0.4 is 0 Å². The third kappa shape index (κ3) is 2.96. The largest absolute Gasteiger partial charge is 0.319 e. The molecule has 190 valence electrons. The monoisotopic (exact) mass is 539 g/mol. The van der Waals surface area contributed by atoms with Crippen LogP contribution >= 0.6 is 11.3 Å². The van der Waals surface area contributed by atoms with Crippen molar-refractivity contribution in [3.63, 3.8) is 0 Å². The van der Waals surface area contributed by atoms with Crippen molar-refractivity contribution in [2.24, 2.45) is 0 Å². The Balaban J connectivity index is 1.56. The second-order valence-electron chi connectivity index (χ2n) is 10.4. The summed E-state index contributed by atoms with van der Waals surface area (Å²) in [6, 6.07) is 45.0. The van der Waals surface area contributed by atoms with E-state index in [1.807, 2.05) is 0 Å². The van der Waals surface area contributed by atoms with Gasteiger partial charge in [0, 0.05) is 41.7 Å². The van der Waals surface area contributed by atoms with Crippen LogP contribution in [0, 0.1) is 6.57 Å². The van der Waals surface area contributed by atoms with E-state index < -0.39 is 0 Å². The summed E-state index contributed by atoms with van der Waals surface area (Å²) in [5.41, 5.74) is 6.94. The Labute approximate surface area is 239 Å². The molecule has 0 amide bonds. The maximum absolute atomic E-state index is 8.68. The molecule has 3 heterocycles. The predicted octanol–water partition coefficient (Wildman–Crippen LogP) is 10.8. The number of para-hydroxylation sites is 4. The van der Waals surface area contributed by atoms with Gasteiger partial charge in [0.1, 0.15) is 0 Å². The van der Waals surface area contributed by atoms with E-state index in [0.717, 1.165) is 38.1 Å². The molecule has 9 aromatic rings. The van der Waals surface area contributed by atoms with Crippen LogP contribution in [0.3, 0.4) is 0 Å². The molecule has 0 bridgehead atoms. The summed E-state index contributed by atoms with van der Waals surface area (Å²) in [4.78, 5) is 4.34. The molecule has 0 spiro atoms. The Hall–Kier alpha value is -5.37. The lowest BCUT2D eigenvalue weighted by Crippen LogP contribution is -2.00. The molecule has 6 aromatic carbocycles. The lowest BCUT2D eigenvalue weighted by Gasteiger charge is -2.17. The first-order chi connectivity index (χ1) is 20.3. The highest BCUT2D eigenvalue weighted by Gasteiger charge is 2.25. The van der Waals surface area contributed by atoms with E-state index in [1.165, 1.54) is 37.0 Å². The van der Waals surface area contributed by atoms with E-state index in [1.54, 1.807) is 11.3 Å². The fourth-order valence-corrected chi connectivity index (χ4v) is 7.87. The van der Waals surface area contributed by atoms with Crippen molar-refractivity contribution in [1.82, 2.24) is 9.13 Å². The van der Waals surface area contributed by atoms with Crippen LogP contribution in [0.15, 0.2) is 127 Å². The molecule has 0 radical (unpaired) electrons. The molecule has 0 saturated carbocycles. The molecule has 0 aliphatic carbocycles. The summed E-state index contributed by atoms with van der Waals surface area (Å²) in [5, 5.41) is 7.14. The number of thiophene rings is 1. The topological polar surface area (TPSA) is 14.2 Å². The molecule has 41 heavy (non-hydrogen) atoms. The molecule has 0 saturated heterocycles. The van der Waals surface area contributed by atoms with E-state index in [4.69, 9.17) is 6.57 Å². The van der Waals surface area contributed by atoms with Crippen molar-refractivity contribution in [1.29, 1.82) is 0 Å². The Morgan fingerprint density at radius 1 is 0.488 bits per heavy atom. The van der Waals surface area contributed by atoms with E-state index in [2.05, 4.69) is 141 Å². The van der Waals surface area contributed by atoms with E-state index in [-0.39, 0.29) is 0 Å². The van der Waals surface area contributed by atoms with Crippen LogP contribution in [0.4, 0.5) is 5.69 Å². The molecule has 3 nitrogen and oxygen atoms in total. The number of nitrogens with zero attached hydrogens (tertiary/aromatic N) is 3. The van der Waals surface area contributed by atoms with E-state index >= 15 is 0 Å². The molecule has 0 N–H and O–H groups in total. The zero-order valence-electron chi connectivity index (χ0n) is 21.9. The zero-order valence-corrected chi connectivity index (χ0v) is 22.7. The molecule has 0 fully saturated rings. The third-order valence-corrected chi connectivity index (χ3v) is 9.53. The Kier molecular flexibility index (Phi) is 4.55. The minimum atomic E-state index is 0.655. The lowest BCUT2D eigenvalue weighted by atomic mass is 10.1. The number of hydrogen-bond donors (Lipinski definition) is 0. The van der Waals surface area contributed by atoms with E-state index in [0.29, 0.717) is 5.69 Å². The van der Waals surface area contributed by atoms with Crippen molar-refractivity contribution in [3.05, 3.63) is 139 Å². The van der Waals surface area contributed by atoms with Crippen LogP contribution in [-0.2, 0) is 0 Å². The molecule has 0 atom stereocenters. The van der Waals surface area contributed by atoms with Crippen LogP contribution in [0.1, 0.15) is 0 Å². The molecular formula is C37H21N3S. The van der Waals surface area contributed by atoms with Gasteiger partial charge in [-0.05, 0) is 36.4 Å². The predicted molar refractivity (Wildman–Crippen MR) is 174 cm³/mol. The molecule has 0 aliphatic rings. The average molecular weight is 540 g/mol. The first kappa shape index (κ1) is 22.4. The first-order valence-electron chi connectivity index (χ1n) is 13.7. The van der Waals surface area contributed by atoms with Gasteiger partial charge in [-0.3, -0.25) is 0 Å². The number of aromatic nitrogens is 2. The standard InChI is InChI=1S/C37H21N3S/c1-38-35-33(39-29-17-7-2-12-23(29)24-13-3-8-18-30(24)39)22-28-27-16-6-11-21-34(27)41-37(28)36(35)40-31-19-9-4-14-25(31)26-15-5-10-20-32(26)40/h2-22H. The van der Waals surface area contributed by atoms with Crippen LogP contribution in [-0.4, -0.2) is 9.13 Å². The van der Waals surface area contributed by atoms with E-state index in [9.17, 15) is 0 Å².